The van der Waals surface area contributed by atoms with Gasteiger partial charge in [-0.25, -0.2) is 18.7 Å². The van der Waals surface area contributed by atoms with Crippen molar-refractivity contribution in [2.24, 2.45) is 16.5 Å². The van der Waals surface area contributed by atoms with E-state index < -0.39 is 18.2 Å². The number of aromatic nitrogens is 2. The first-order chi connectivity index (χ1) is 15.9. The standard InChI is InChI=1S/C21H26F2N6O4/c1-30-16-8-17(31-2)20(23)15(19(16)22)12-33-14-9-26-21(27-10-14)28-18(25)7-13(24)11-29-3-5-32-6-4-29/h7-10H,3-6,11-12,24H2,1-2H3,(H2,25,26,27,28)/b13-7-. The average Bonchev–Trinajstić information content (AvgIpc) is 2.80. The fourth-order valence-corrected chi connectivity index (χ4v) is 3.06. The number of rotatable bonds is 9. The summed E-state index contributed by atoms with van der Waals surface area (Å²) in [5, 5.41) is 0. The third kappa shape index (κ3) is 6.49. The van der Waals surface area contributed by atoms with E-state index >= 15 is 0 Å². The Kier molecular flexibility index (Phi) is 8.33. The van der Waals surface area contributed by atoms with Gasteiger partial charge in [0.1, 0.15) is 12.4 Å². The number of halogens is 2. The molecule has 0 bridgehead atoms. The van der Waals surface area contributed by atoms with Gasteiger partial charge < -0.3 is 30.4 Å². The van der Waals surface area contributed by atoms with Crippen molar-refractivity contribution in [3.8, 4) is 17.2 Å². The molecule has 1 saturated heterocycles. The second-order valence-electron chi connectivity index (χ2n) is 7.04. The summed E-state index contributed by atoms with van der Waals surface area (Å²) < 4.78 is 49.4. The molecule has 1 aromatic heterocycles. The molecule has 2 heterocycles. The molecule has 33 heavy (non-hydrogen) atoms. The highest BCUT2D eigenvalue weighted by molar-refractivity contribution is 5.93. The molecular formula is C21H26F2N6O4. The fraction of sp³-hybridized carbons (Fsp3) is 0.381. The van der Waals surface area contributed by atoms with Crippen molar-refractivity contribution in [2.45, 2.75) is 6.61 Å². The van der Waals surface area contributed by atoms with Crippen LogP contribution in [0.2, 0.25) is 0 Å². The van der Waals surface area contributed by atoms with Gasteiger partial charge in [-0.05, 0) is 0 Å². The number of aliphatic imine (C=N–C) groups is 1. The molecule has 0 spiro atoms. The molecule has 0 radical (unpaired) electrons. The van der Waals surface area contributed by atoms with Crippen molar-refractivity contribution in [3.63, 3.8) is 0 Å². The van der Waals surface area contributed by atoms with Crippen LogP contribution in [0.25, 0.3) is 0 Å². The molecule has 3 rings (SSSR count). The van der Waals surface area contributed by atoms with Crippen LogP contribution in [0.4, 0.5) is 14.7 Å². The normalized spacial score (nSPS) is 15.4. The maximum atomic E-state index is 14.4. The number of hydrogen-bond acceptors (Lipinski definition) is 9. The number of amidine groups is 1. The second kappa shape index (κ2) is 11.4. The number of ether oxygens (including phenoxy) is 4. The quantitative estimate of drug-likeness (QED) is 0.419. The van der Waals surface area contributed by atoms with Crippen molar-refractivity contribution in [1.29, 1.82) is 0 Å². The largest absolute Gasteiger partial charge is 0.494 e. The van der Waals surface area contributed by atoms with Crippen LogP contribution in [-0.2, 0) is 11.3 Å². The van der Waals surface area contributed by atoms with Gasteiger partial charge in [0.25, 0.3) is 5.95 Å². The lowest BCUT2D eigenvalue weighted by Crippen LogP contribution is -2.38. The van der Waals surface area contributed by atoms with E-state index in [9.17, 15) is 8.78 Å². The Hall–Kier alpha value is -3.51. The molecule has 10 nitrogen and oxygen atoms in total. The maximum Gasteiger partial charge on any atom is 0.251 e. The number of methoxy groups -OCH3 is 2. The van der Waals surface area contributed by atoms with E-state index in [1.165, 1.54) is 26.6 Å². The molecule has 0 amide bonds. The fourth-order valence-electron chi connectivity index (χ4n) is 3.06. The van der Waals surface area contributed by atoms with E-state index in [2.05, 4.69) is 19.9 Å². The van der Waals surface area contributed by atoms with E-state index in [1.54, 1.807) is 6.08 Å². The molecule has 1 aliphatic rings. The highest BCUT2D eigenvalue weighted by atomic mass is 19.1. The summed E-state index contributed by atoms with van der Waals surface area (Å²) in [5.41, 5.74) is 12.1. The third-order valence-corrected chi connectivity index (χ3v) is 4.73. The lowest BCUT2D eigenvalue weighted by Gasteiger charge is -2.26. The monoisotopic (exact) mass is 464 g/mol. The lowest BCUT2D eigenvalue weighted by atomic mass is 10.1. The van der Waals surface area contributed by atoms with Crippen LogP contribution in [0, 0.1) is 11.6 Å². The van der Waals surface area contributed by atoms with Crippen LogP contribution in [0.15, 0.2) is 35.2 Å². The Bertz CT molecular complexity index is 983. The minimum Gasteiger partial charge on any atom is -0.494 e. The first-order valence-corrected chi connectivity index (χ1v) is 10.0. The summed E-state index contributed by atoms with van der Waals surface area (Å²) in [7, 11) is 2.54. The van der Waals surface area contributed by atoms with Crippen molar-refractivity contribution in [2.75, 3.05) is 47.1 Å². The third-order valence-electron chi connectivity index (χ3n) is 4.73. The van der Waals surface area contributed by atoms with Gasteiger partial charge in [0, 0.05) is 37.5 Å². The number of morpholine rings is 1. The molecule has 0 atom stereocenters. The van der Waals surface area contributed by atoms with E-state index in [1.807, 2.05) is 0 Å². The highest BCUT2D eigenvalue weighted by Gasteiger charge is 2.20. The number of hydrogen-bond donors (Lipinski definition) is 2. The Morgan fingerprint density at radius 1 is 1.12 bits per heavy atom. The SMILES string of the molecule is COc1cc(OC)c(F)c(COc2cnc(/N=C(N)\C=C(/N)CN3CCOCC3)nc2)c1F. The number of nitrogens with zero attached hydrogens (tertiary/aromatic N) is 4. The Morgan fingerprint density at radius 2 is 1.73 bits per heavy atom. The molecule has 0 unspecified atom stereocenters. The van der Waals surface area contributed by atoms with E-state index in [-0.39, 0.29) is 34.6 Å². The predicted molar refractivity (Wildman–Crippen MR) is 117 cm³/mol. The van der Waals surface area contributed by atoms with Gasteiger partial charge in [-0.3, -0.25) is 4.90 Å². The van der Waals surface area contributed by atoms with Gasteiger partial charge in [-0.15, -0.1) is 0 Å². The van der Waals surface area contributed by atoms with Crippen LogP contribution >= 0.6 is 0 Å². The Labute approximate surface area is 189 Å². The van der Waals surface area contributed by atoms with Crippen molar-refractivity contribution in [1.82, 2.24) is 14.9 Å². The zero-order valence-corrected chi connectivity index (χ0v) is 18.4. The van der Waals surface area contributed by atoms with E-state index in [0.29, 0.717) is 25.5 Å². The highest BCUT2D eigenvalue weighted by Crippen LogP contribution is 2.31. The summed E-state index contributed by atoms with van der Waals surface area (Å²) in [4.78, 5) is 14.3. The zero-order chi connectivity index (χ0) is 23.8. The van der Waals surface area contributed by atoms with Crippen LogP contribution in [0.5, 0.6) is 17.2 Å². The molecule has 4 N–H and O–H groups in total. The topological polar surface area (TPSA) is 130 Å². The Balaban J connectivity index is 1.63. The van der Waals surface area contributed by atoms with Crippen LogP contribution in [0.1, 0.15) is 5.56 Å². The average molecular weight is 464 g/mol. The smallest absolute Gasteiger partial charge is 0.251 e. The second-order valence-corrected chi connectivity index (χ2v) is 7.04. The van der Waals surface area contributed by atoms with Gasteiger partial charge in [-0.2, -0.15) is 4.99 Å². The summed E-state index contributed by atoms with van der Waals surface area (Å²) in [6, 6.07) is 1.12. The molecule has 2 aromatic rings. The van der Waals surface area contributed by atoms with Crippen molar-refractivity contribution < 1.29 is 27.7 Å². The molecule has 1 aromatic carbocycles. The first kappa shape index (κ1) is 24.1. The lowest BCUT2D eigenvalue weighted by molar-refractivity contribution is 0.0421. The van der Waals surface area contributed by atoms with Crippen molar-refractivity contribution in [3.05, 3.63) is 47.4 Å². The molecule has 0 aliphatic carbocycles. The Morgan fingerprint density at radius 3 is 2.30 bits per heavy atom. The van der Waals surface area contributed by atoms with Crippen LogP contribution in [-0.4, -0.2) is 67.8 Å². The summed E-state index contributed by atoms with van der Waals surface area (Å²) >= 11 is 0. The van der Waals surface area contributed by atoms with E-state index in [0.717, 1.165) is 19.2 Å². The van der Waals surface area contributed by atoms with Gasteiger partial charge in [0.05, 0.1) is 45.4 Å². The molecule has 1 aliphatic heterocycles. The molecule has 0 saturated carbocycles. The van der Waals surface area contributed by atoms with Gasteiger partial charge >= 0.3 is 0 Å². The number of nitrogens with two attached hydrogens (primary N) is 2. The molecule has 1 fully saturated rings. The zero-order valence-electron chi connectivity index (χ0n) is 18.4. The van der Waals surface area contributed by atoms with Crippen LogP contribution < -0.4 is 25.7 Å². The first-order valence-electron chi connectivity index (χ1n) is 10.0. The summed E-state index contributed by atoms with van der Waals surface area (Å²) in [6.45, 7) is 3.06. The number of benzene rings is 1. The predicted octanol–water partition coefficient (Wildman–Crippen LogP) is 1.51. The summed E-state index contributed by atoms with van der Waals surface area (Å²) in [5.74, 6) is -1.69. The molecular weight excluding hydrogens is 438 g/mol. The maximum absolute atomic E-state index is 14.4. The molecule has 178 valence electrons. The van der Waals surface area contributed by atoms with Crippen LogP contribution in [0.3, 0.4) is 0 Å². The minimum atomic E-state index is -0.882. The minimum absolute atomic E-state index is 0.0793. The van der Waals surface area contributed by atoms with Gasteiger partial charge in [0.15, 0.2) is 28.9 Å². The van der Waals surface area contributed by atoms with Gasteiger partial charge in [0.2, 0.25) is 0 Å². The summed E-state index contributed by atoms with van der Waals surface area (Å²) in [6.07, 6.45) is 4.17. The van der Waals surface area contributed by atoms with Crippen molar-refractivity contribution >= 4 is 11.8 Å². The molecule has 12 heteroatoms. The van der Waals surface area contributed by atoms with Gasteiger partial charge in [-0.1, -0.05) is 0 Å². The van der Waals surface area contributed by atoms with E-state index in [4.69, 9.17) is 30.4 Å².